The molecular formula is C18H30N2S. The standard InChI is InChI=1S/C18H30N2S/c1-6-16-13-20(9-10-21-16)17-8-7-14(2)11-15(17)12-19-18(3,4)5/h7-8,11,16,19H,6,9-10,12-13H2,1-5H3. The minimum absolute atomic E-state index is 0.157. The van der Waals surface area contributed by atoms with Gasteiger partial charge in [0.1, 0.15) is 0 Å². The Hall–Kier alpha value is -0.670. The molecule has 2 nitrogen and oxygen atoms in total. The van der Waals surface area contributed by atoms with Crippen LogP contribution in [0.25, 0.3) is 0 Å². The lowest BCUT2D eigenvalue weighted by molar-refractivity contribution is 0.424. The summed E-state index contributed by atoms with van der Waals surface area (Å²) >= 11 is 2.13. The second-order valence-corrected chi connectivity index (χ2v) is 8.49. The normalized spacial score (nSPS) is 19.9. The number of hydrogen-bond donors (Lipinski definition) is 1. The first-order valence-corrected chi connectivity index (χ1v) is 9.15. The molecule has 1 atom stereocenters. The average molecular weight is 307 g/mol. The van der Waals surface area contributed by atoms with Crippen molar-refractivity contribution < 1.29 is 0 Å². The fraction of sp³-hybridized carbons (Fsp3) is 0.667. The van der Waals surface area contributed by atoms with Crippen molar-refractivity contribution in [3.05, 3.63) is 29.3 Å². The Bertz CT molecular complexity index is 465. The van der Waals surface area contributed by atoms with Gasteiger partial charge in [-0.3, -0.25) is 0 Å². The van der Waals surface area contributed by atoms with Crippen LogP contribution < -0.4 is 10.2 Å². The van der Waals surface area contributed by atoms with Gasteiger partial charge in [-0.25, -0.2) is 0 Å². The molecule has 0 radical (unpaired) electrons. The molecule has 1 saturated heterocycles. The average Bonchev–Trinajstić information content (AvgIpc) is 2.44. The molecule has 1 N–H and O–H groups in total. The second kappa shape index (κ2) is 7.06. The van der Waals surface area contributed by atoms with Crippen LogP contribution in [0.3, 0.4) is 0 Å². The minimum atomic E-state index is 0.157. The van der Waals surface area contributed by atoms with E-state index in [0.29, 0.717) is 0 Å². The van der Waals surface area contributed by atoms with Crippen molar-refractivity contribution in [3.63, 3.8) is 0 Å². The maximum absolute atomic E-state index is 3.64. The van der Waals surface area contributed by atoms with Crippen molar-refractivity contribution in [2.75, 3.05) is 23.7 Å². The van der Waals surface area contributed by atoms with Gasteiger partial charge in [-0.1, -0.05) is 24.6 Å². The van der Waals surface area contributed by atoms with Crippen LogP contribution in [-0.2, 0) is 6.54 Å². The van der Waals surface area contributed by atoms with Gasteiger partial charge in [0.15, 0.2) is 0 Å². The summed E-state index contributed by atoms with van der Waals surface area (Å²) in [5, 5.41) is 4.42. The Balaban J connectivity index is 2.17. The predicted octanol–water partition coefficient (Wildman–Crippen LogP) is 4.21. The molecule has 0 aliphatic carbocycles. The Labute approximate surface area is 134 Å². The first-order valence-electron chi connectivity index (χ1n) is 8.10. The number of thioether (sulfide) groups is 1. The number of benzene rings is 1. The number of anilines is 1. The van der Waals surface area contributed by atoms with Crippen molar-refractivity contribution in [2.45, 2.75) is 58.4 Å². The molecule has 0 spiro atoms. The van der Waals surface area contributed by atoms with Crippen molar-refractivity contribution in [3.8, 4) is 0 Å². The number of aryl methyl sites for hydroxylation is 1. The molecular weight excluding hydrogens is 276 g/mol. The first-order chi connectivity index (χ1) is 9.89. The van der Waals surface area contributed by atoms with Crippen LogP contribution in [0.15, 0.2) is 18.2 Å². The third-order valence-electron chi connectivity index (χ3n) is 3.98. The van der Waals surface area contributed by atoms with E-state index in [1.807, 2.05) is 0 Å². The molecule has 21 heavy (non-hydrogen) atoms. The largest absolute Gasteiger partial charge is 0.369 e. The van der Waals surface area contributed by atoms with Crippen molar-refractivity contribution in [1.29, 1.82) is 0 Å². The van der Waals surface area contributed by atoms with Crippen LogP contribution >= 0.6 is 11.8 Å². The van der Waals surface area contributed by atoms with Crippen LogP contribution in [0.4, 0.5) is 5.69 Å². The molecule has 0 bridgehead atoms. The predicted molar refractivity (Wildman–Crippen MR) is 96.5 cm³/mol. The third-order valence-corrected chi connectivity index (χ3v) is 5.35. The molecule has 1 heterocycles. The highest BCUT2D eigenvalue weighted by Gasteiger charge is 2.21. The molecule has 1 unspecified atom stereocenters. The van der Waals surface area contributed by atoms with E-state index in [-0.39, 0.29) is 5.54 Å². The summed E-state index contributed by atoms with van der Waals surface area (Å²) in [6.07, 6.45) is 1.27. The highest BCUT2D eigenvalue weighted by molar-refractivity contribution is 8.00. The highest BCUT2D eigenvalue weighted by Crippen LogP contribution is 2.29. The van der Waals surface area contributed by atoms with Gasteiger partial charge in [-0.15, -0.1) is 0 Å². The SMILES string of the molecule is CCC1CN(c2ccc(C)cc2CNC(C)(C)C)CCS1. The van der Waals surface area contributed by atoms with Gasteiger partial charge in [0.25, 0.3) is 0 Å². The van der Waals surface area contributed by atoms with Gasteiger partial charge in [0.05, 0.1) is 0 Å². The number of rotatable bonds is 4. The Morgan fingerprint density at radius 1 is 1.33 bits per heavy atom. The molecule has 0 aromatic heterocycles. The van der Waals surface area contributed by atoms with Crippen molar-refractivity contribution in [1.82, 2.24) is 5.32 Å². The minimum Gasteiger partial charge on any atom is -0.369 e. The van der Waals surface area contributed by atoms with Gasteiger partial charge in [-0.2, -0.15) is 11.8 Å². The fourth-order valence-electron chi connectivity index (χ4n) is 2.71. The first kappa shape index (κ1) is 16.7. The summed E-state index contributed by atoms with van der Waals surface area (Å²) in [7, 11) is 0. The summed E-state index contributed by atoms with van der Waals surface area (Å²) in [4.78, 5) is 2.59. The summed E-state index contributed by atoms with van der Waals surface area (Å²) in [5.74, 6) is 1.25. The molecule has 1 aliphatic rings. The second-order valence-electron chi connectivity index (χ2n) is 7.08. The van der Waals surface area contributed by atoms with E-state index in [0.717, 1.165) is 11.8 Å². The van der Waals surface area contributed by atoms with Crippen LogP contribution in [-0.4, -0.2) is 29.6 Å². The summed E-state index contributed by atoms with van der Waals surface area (Å²) in [6.45, 7) is 14.5. The zero-order chi connectivity index (χ0) is 15.5. The maximum Gasteiger partial charge on any atom is 0.0412 e. The van der Waals surface area contributed by atoms with Crippen LogP contribution in [0.1, 0.15) is 45.2 Å². The summed E-state index contributed by atoms with van der Waals surface area (Å²) < 4.78 is 0. The Morgan fingerprint density at radius 3 is 2.76 bits per heavy atom. The number of nitrogens with one attached hydrogen (secondary N) is 1. The molecule has 1 aliphatic heterocycles. The van der Waals surface area contributed by atoms with E-state index < -0.39 is 0 Å². The Morgan fingerprint density at radius 2 is 2.10 bits per heavy atom. The molecule has 1 aromatic rings. The highest BCUT2D eigenvalue weighted by atomic mass is 32.2. The Kier molecular flexibility index (Phi) is 5.61. The van der Waals surface area contributed by atoms with Gasteiger partial charge in [0.2, 0.25) is 0 Å². The van der Waals surface area contributed by atoms with Gasteiger partial charge in [0, 0.05) is 41.9 Å². The van der Waals surface area contributed by atoms with E-state index in [2.05, 4.69) is 74.8 Å². The summed E-state index contributed by atoms with van der Waals surface area (Å²) in [5.41, 5.74) is 4.37. The van der Waals surface area contributed by atoms with Crippen LogP contribution in [0.5, 0.6) is 0 Å². The molecule has 0 saturated carbocycles. The quantitative estimate of drug-likeness (QED) is 0.897. The smallest absolute Gasteiger partial charge is 0.0412 e. The van der Waals surface area contributed by atoms with Crippen molar-refractivity contribution >= 4 is 17.4 Å². The van der Waals surface area contributed by atoms with E-state index in [1.54, 1.807) is 0 Å². The number of hydrogen-bond acceptors (Lipinski definition) is 3. The van der Waals surface area contributed by atoms with Gasteiger partial charge in [-0.05, 0) is 45.7 Å². The van der Waals surface area contributed by atoms with Crippen molar-refractivity contribution in [2.24, 2.45) is 0 Å². The molecule has 0 amide bonds. The van der Waals surface area contributed by atoms with Gasteiger partial charge < -0.3 is 10.2 Å². The summed E-state index contributed by atoms with van der Waals surface area (Å²) in [6, 6.07) is 6.91. The van der Waals surface area contributed by atoms with Crippen LogP contribution in [0, 0.1) is 6.92 Å². The lowest BCUT2D eigenvalue weighted by atomic mass is 10.0. The van der Waals surface area contributed by atoms with Gasteiger partial charge >= 0.3 is 0 Å². The van der Waals surface area contributed by atoms with E-state index >= 15 is 0 Å². The molecule has 1 aromatic carbocycles. The topological polar surface area (TPSA) is 15.3 Å². The monoisotopic (exact) mass is 306 g/mol. The van der Waals surface area contributed by atoms with Crippen LogP contribution in [0.2, 0.25) is 0 Å². The third kappa shape index (κ3) is 4.93. The van der Waals surface area contributed by atoms with E-state index in [4.69, 9.17) is 0 Å². The fourth-order valence-corrected chi connectivity index (χ4v) is 3.89. The molecule has 3 heteroatoms. The molecule has 1 fully saturated rings. The van der Waals surface area contributed by atoms with E-state index in [1.165, 1.54) is 42.1 Å². The zero-order valence-corrected chi connectivity index (χ0v) is 15.0. The number of nitrogens with zero attached hydrogens (tertiary/aromatic N) is 1. The van der Waals surface area contributed by atoms with E-state index in [9.17, 15) is 0 Å². The maximum atomic E-state index is 3.64. The molecule has 2 rings (SSSR count). The lowest BCUT2D eigenvalue weighted by Gasteiger charge is -2.35. The zero-order valence-electron chi connectivity index (χ0n) is 14.2. The lowest BCUT2D eigenvalue weighted by Crippen LogP contribution is -2.39. The molecule has 118 valence electrons.